The lowest BCUT2D eigenvalue weighted by molar-refractivity contribution is 0.182. The van der Waals surface area contributed by atoms with Gasteiger partial charge in [-0.2, -0.15) is 0 Å². The van der Waals surface area contributed by atoms with Gasteiger partial charge in [-0.15, -0.1) is 0 Å². The van der Waals surface area contributed by atoms with Gasteiger partial charge < -0.3 is 9.47 Å². The van der Waals surface area contributed by atoms with Crippen LogP contribution in [0.3, 0.4) is 0 Å². The molecule has 2 aromatic rings. The van der Waals surface area contributed by atoms with Crippen molar-refractivity contribution in [1.29, 1.82) is 0 Å². The molecule has 0 atom stereocenters. The number of nitrogens with zero attached hydrogens (tertiary/aromatic N) is 1. The van der Waals surface area contributed by atoms with E-state index in [1.165, 1.54) is 0 Å². The highest BCUT2D eigenvalue weighted by atomic mass is 35.5. The lowest BCUT2D eigenvalue weighted by Gasteiger charge is -2.07. The number of aromatic nitrogens is 1. The Labute approximate surface area is 105 Å². The Bertz CT molecular complexity index is 528. The van der Waals surface area contributed by atoms with Crippen LogP contribution in [-0.4, -0.2) is 18.7 Å². The van der Waals surface area contributed by atoms with Crippen molar-refractivity contribution in [1.82, 2.24) is 4.98 Å². The van der Waals surface area contributed by atoms with Gasteiger partial charge in [0.1, 0.15) is 5.75 Å². The van der Waals surface area contributed by atoms with Gasteiger partial charge >= 0.3 is 0 Å². The summed E-state index contributed by atoms with van der Waals surface area (Å²) in [5, 5.41) is 1.57. The van der Waals surface area contributed by atoms with Crippen LogP contribution in [0.25, 0.3) is 10.9 Å². The van der Waals surface area contributed by atoms with Gasteiger partial charge in [-0.25, -0.2) is 0 Å². The van der Waals surface area contributed by atoms with E-state index in [-0.39, 0.29) is 0 Å². The highest BCUT2D eigenvalue weighted by Crippen LogP contribution is 2.27. The third-order valence-electron chi connectivity index (χ3n) is 2.39. The molecule has 3 nitrogen and oxygen atoms in total. The van der Waals surface area contributed by atoms with E-state index in [9.17, 15) is 0 Å². The first-order chi connectivity index (χ1) is 8.24. The molecule has 0 aliphatic heterocycles. The van der Waals surface area contributed by atoms with E-state index in [2.05, 4.69) is 4.98 Å². The summed E-state index contributed by atoms with van der Waals surface area (Å²) in [5.41, 5.74) is 1.68. The fraction of sp³-hybridized carbons (Fsp3) is 0.308. The molecular formula is C13H14ClNO2. The number of benzene rings is 1. The molecule has 0 fully saturated rings. The molecule has 0 unspecified atom stereocenters. The molecule has 0 spiro atoms. The van der Waals surface area contributed by atoms with Gasteiger partial charge in [0.15, 0.2) is 0 Å². The molecule has 0 aliphatic rings. The second-order valence-corrected chi connectivity index (χ2v) is 4.05. The zero-order valence-corrected chi connectivity index (χ0v) is 10.6. The molecule has 0 amide bonds. The predicted molar refractivity (Wildman–Crippen MR) is 68.6 cm³/mol. The van der Waals surface area contributed by atoms with Gasteiger partial charge in [-0.3, -0.25) is 4.98 Å². The number of pyridine rings is 1. The molecule has 0 bridgehead atoms. The molecule has 17 heavy (non-hydrogen) atoms. The van der Waals surface area contributed by atoms with Crippen molar-refractivity contribution in [3.05, 3.63) is 35.0 Å². The minimum absolute atomic E-state index is 0.461. The number of methoxy groups -OCH3 is 1. The number of halogens is 1. The van der Waals surface area contributed by atoms with Crippen LogP contribution in [0, 0.1) is 0 Å². The van der Waals surface area contributed by atoms with Crippen molar-refractivity contribution in [3.63, 3.8) is 0 Å². The van der Waals surface area contributed by atoms with Gasteiger partial charge in [0.05, 0.1) is 29.4 Å². The number of rotatable bonds is 4. The molecule has 1 aromatic carbocycles. The number of hydrogen-bond donors (Lipinski definition) is 0. The van der Waals surface area contributed by atoms with E-state index in [4.69, 9.17) is 21.1 Å². The van der Waals surface area contributed by atoms with E-state index in [0.717, 1.165) is 22.3 Å². The van der Waals surface area contributed by atoms with E-state index in [1.54, 1.807) is 7.11 Å². The van der Waals surface area contributed by atoms with Gasteiger partial charge in [0, 0.05) is 12.5 Å². The van der Waals surface area contributed by atoms with Crippen LogP contribution in [0.1, 0.15) is 12.6 Å². The summed E-state index contributed by atoms with van der Waals surface area (Å²) in [4.78, 5) is 4.46. The summed E-state index contributed by atoms with van der Waals surface area (Å²) in [6.07, 6.45) is 0. The first kappa shape index (κ1) is 12.1. The lowest BCUT2D eigenvalue weighted by atomic mass is 10.2. The van der Waals surface area contributed by atoms with Crippen LogP contribution in [0.2, 0.25) is 5.02 Å². The van der Waals surface area contributed by atoms with Crippen molar-refractivity contribution in [2.45, 2.75) is 13.5 Å². The summed E-state index contributed by atoms with van der Waals surface area (Å²) in [5.74, 6) is 0.809. The maximum absolute atomic E-state index is 6.22. The molecule has 4 heteroatoms. The highest BCUT2D eigenvalue weighted by molar-refractivity contribution is 6.35. The van der Waals surface area contributed by atoms with Crippen LogP contribution in [0.4, 0.5) is 0 Å². The normalized spacial score (nSPS) is 10.8. The number of fused-ring (bicyclic) bond motifs is 1. The van der Waals surface area contributed by atoms with Gasteiger partial charge in [-0.1, -0.05) is 11.6 Å². The average Bonchev–Trinajstić information content (AvgIpc) is 2.31. The van der Waals surface area contributed by atoms with Crippen molar-refractivity contribution in [3.8, 4) is 5.75 Å². The summed E-state index contributed by atoms with van der Waals surface area (Å²) in [6, 6.07) is 7.53. The minimum Gasteiger partial charge on any atom is -0.494 e. The third-order valence-corrected chi connectivity index (χ3v) is 2.70. The molecule has 0 radical (unpaired) electrons. The van der Waals surface area contributed by atoms with Gasteiger partial charge in [-0.05, 0) is 31.2 Å². The standard InChI is InChI=1S/C13H14ClNO2/c1-3-17-10-4-5-13-11(7-10)12(14)6-9(15-13)8-16-2/h4-7H,3,8H2,1-2H3. The van der Waals surface area contributed by atoms with E-state index in [0.29, 0.717) is 18.2 Å². The van der Waals surface area contributed by atoms with Crippen LogP contribution >= 0.6 is 11.6 Å². The Kier molecular flexibility index (Phi) is 3.82. The van der Waals surface area contributed by atoms with Gasteiger partial charge in [0.25, 0.3) is 0 Å². The Hall–Kier alpha value is -1.32. The number of ether oxygens (including phenoxy) is 2. The largest absolute Gasteiger partial charge is 0.494 e. The molecule has 2 rings (SSSR count). The summed E-state index contributed by atoms with van der Waals surface area (Å²) in [6.45, 7) is 3.05. The van der Waals surface area contributed by atoms with Crippen molar-refractivity contribution in [2.75, 3.05) is 13.7 Å². The predicted octanol–water partition coefficient (Wildman–Crippen LogP) is 3.43. The maximum Gasteiger partial charge on any atom is 0.120 e. The Balaban J connectivity index is 2.48. The van der Waals surface area contributed by atoms with E-state index >= 15 is 0 Å². The average molecular weight is 252 g/mol. The first-order valence-corrected chi connectivity index (χ1v) is 5.83. The third kappa shape index (κ3) is 2.68. The molecule has 0 aliphatic carbocycles. The highest BCUT2D eigenvalue weighted by Gasteiger charge is 2.05. The van der Waals surface area contributed by atoms with Crippen molar-refractivity contribution in [2.24, 2.45) is 0 Å². The zero-order valence-electron chi connectivity index (χ0n) is 9.87. The molecule has 0 saturated heterocycles. The molecule has 1 heterocycles. The summed E-state index contributed by atoms with van der Waals surface area (Å²) < 4.78 is 10.5. The Morgan fingerprint density at radius 3 is 2.82 bits per heavy atom. The summed E-state index contributed by atoms with van der Waals surface area (Å²) in [7, 11) is 1.64. The second kappa shape index (κ2) is 5.34. The van der Waals surface area contributed by atoms with Crippen molar-refractivity contribution >= 4 is 22.5 Å². The topological polar surface area (TPSA) is 31.4 Å². The second-order valence-electron chi connectivity index (χ2n) is 3.64. The minimum atomic E-state index is 0.461. The molecule has 90 valence electrons. The molecule has 0 N–H and O–H groups in total. The van der Waals surface area contributed by atoms with Crippen LogP contribution in [0.15, 0.2) is 24.3 Å². The fourth-order valence-electron chi connectivity index (χ4n) is 1.69. The van der Waals surface area contributed by atoms with Crippen molar-refractivity contribution < 1.29 is 9.47 Å². The first-order valence-electron chi connectivity index (χ1n) is 5.45. The Morgan fingerprint density at radius 1 is 1.29 bits per heavy atom. The lowest BCUT2D eigenvalue weighted by Crippen LogP contribution is -1.95. The van der Waals surface area contributed by atoms with Crippen LogP contribution in [0.5, 0.6) is 5.75 Å². The Morgan fingerprint density at radius 2 is 2.12 bits per heavy atom. The smallest absolute Gasteiger partial charge is 0.120 e. The van der Waals surface area contributed by atoms with Crippen LogP contribution in [-0.2, 0) is 11.3 Å². The molecule has 1 aromatic heterocycles. The van der Waals surface area contributed by atoms with E-state index < -0.39 is 0 Å². The quantitative estimate of drug-likeness (QED) is 0.834. The molecular weight excluding hydrogens is 238 g/mol. The van der Waals surface area contributed by atoms with E-state index in [1.807, 2.05) is 31.2 Å². The molecule has 0 saturated carbocycles. The monoisotopic (exact) mass is 251 g/mol. The maximum atomic E-state index is 6.22. The summed E-state index contributed by atoms with van der Waals surface area (Å²) >= 11 is 6.22. The zero-order chi connectivity index (χ0) is 12.3. The number of hydrogen-bond acceptors (Lipinski definition) is 3. The van der Waals surface area contributed by atoms with Gasteiger partial charge in [0.2, 0.25) is 0 Å². The fourth-order valence-corrected chi connectivity index (χ4v) is 1.97. The van der Waals surface area contributed by atoms with Crippen LogP contribution < -0.4 is 4.74 Å². The SMILES string of the molecule is CCOc1ccc2nc(COC)cc(Cl)c2c1.